The molecule has 188 valence electrons. The van der Waals surface area contributed by atoms with E-state index in [1.165, 1.54) is 11.6 Å². The molecule has 0 bridgehead atoms. The molecule has 2 saturated heterocycles. The molecular weight excluding hydrogens is 461 g/mol. The Bertz CT molecular complexity index is 1230. The van der Waals surface area contributed by atoms with Gasteiger partial charge in [0.1, 0.15) is 17.8 Å². The minimum absolute atomic E-state index is 0.188. The van der Waals surface area contributed by atoms with E-state index >= 15 is 0 Å². The molecule has 0 amide bonds. The van der Waals surface area contributed by atoms with Gasteiger partial charge in [-0.05, 0) is 29.8 Å². The number of aromatic nitrogens is 2. The molecule has 0 atom stereocenters. The first kappa shape index (κ1) is 22.7. The van der Waals surface area contributed by atoms with Gasteiger partial charge in [0.25, 0.3) is 0 Å². The molecule has 0 unspecified atom stereocenters. The number of fused-ring (bicyclic) bond motifs is 1. The van der Waals surface area contributed by atoms with Crippen molar-refractivity contribution in [1.82, 2.24) is 14.9 Å². The summed E-state index contributed by atoms with van der Waals surface area (Å²) in [6.07, 6.45) is 1.60. The number of nitrogens with zero attached hydrogens (tertiary/aromatic N) is 6. The molecule has 3 aliphatic heterocycles. The summed E-state index contributed by atoms with van der Waals surface area (Å²) in [5.74, 6) is 3.00. The maximum Gasteiger partial charge on any atom is 0.231 e. The summed E-state index contributed by atoms with van der Waals surface area (Å²) in [5, 5.41) is 0. The highest BCUT2D eigenvalue weighted by molar-refractivity contribution is 5.76. The number of benzene rings is 2. The van der Waals surface area contributed by atoms with Crippen LogP contribution in [0, 0.1) is 5.82 Å². The molecule has 36 heavy (non-hydrogen) atoms. The molecule has 6 rings (SSSR count). The summed E-state index contributed by atoms with van der Waals surface area (Å²) >= 11 is 0. The Morgan fingerprint density at radius 3 is 2.14 bits per heavy atom. The predicted molar refractivity (Wildman–Crippen MR) is 137 cm³/mol. The van der Waals surface area contributed by atoms with E-state index in [2.05, 4.69) is 41.7 Å². The van der Waals surface area contributed by atoms with Gasteiger partial charge in [0.05, 0.1) is 5.69 Å². The fraction of sp³-hybridized carbons (Fsp3) is 0.385. The smallest absolute Gasteiger partial charge is 0.231 e. The molecule has 0 aliphatic carbocycles. The fourth-order valence-electron chi connectivity index (χ4n) is 5.16. The number of para-hydroxylation sites is 1. The van der Waals surface area contributed by atoms with E-state index in [1.54, 1.807) is 12.4 Å². The lowest BCUT2D eigenvalue weighted by molar-refractivity contribution is 0.174. The van der Waals surface area contributed by atoms with Crippen LogP contribution in [0.4, 0.5) is 27.4 Å². The maximum absolute atomic E-state index is 14.2. The van der Waals surface area contributed by atoms with Crippen LogP contribution >= 0.6 is 0 Å². The van der Waals surface area contributed by atoms with Gasteiger partial charge in [-0.1, -0.05) is 18.2 Å². The van der Waals surface area contributed by atoms with Gasteiger partial charge in [-0.25, -0.2) is 14.4 Å². The Hall–Kier alpha value is -3.79. The highest BCUT2D eigenvalue weighted by Gasteiger charge is 2.26. The average Bonchev–Trinajstić information content (AvgIpc) is 3.38. The molecule has 0 radical (unpaired) electrons. The molecule has 2 N–H and O–H groups in total. The van der Waals surface area contributed by atoms with Crippen molar-refractivity contribution in [2.24, 2.45) is 0 Å². The number of piperazine rings is 2. The largest absolute Gasteiger partial charge is 0.454 e. The SMILES string of the molecule is Nc1c(N2CCN(Cc3ccc4c(c3)OCO4)CC2)ncnc1N1CCN(c2ccccc2F)CC1. The van der Waals surface area contributed by atoms with Crippen LogP contribution in [0.15, 0.2) is 48.8 Å². The van der Waals surface area contributed by atoms with Crippen molar-refractivity contribution in [2.45, 2.75) is 6.54 Å². The number of halogens is 1. The summed E-state index contributed by atoms with van der Waals surface area (Å²) in [6, 6.07) is 13.1. The molecule has 0 spiro atoms. The number of nitrogen functional groups attached to an aromatic ring is 1. The zero-order valence-corrected chi connectivity index (χ0v) is 20.1. The van der Waals surface area contributed by atoms with Gasteiger partial charge in [0.2, 0.25) is 6.79 Å². The number of hydrogen-bond acceptors (Lipinski definition) is 9. The van der Waals surface area contributed by atoms with Crippen molar-refractivity contribution >= 4 is 23.0 Å². The first-order valence-corrected chi connectivity index (χ1v) is 12.4. The lowest BCUT2D eigenvalue weighted by atomic mass is 10.1. The van der Waals surface area contributed by atoms with Crippen LogP contribution in [0.3, 0.4) is 0 Å². The van der Waals surface area contributed by atoms with Gasteiger partial charge in [-0.15, -0.1) is 0 Å². The minimum atomic E-state index is -0.188. The van der Waals surface area contributed by atoms with Gasteiger partial charge in [-0.2, -0.15) is 0 Å². The topological polar surface area (TPSA) is 83.2 Å². The van der Waals surface area contributed by atoms with Crippen molar-refractivity contribution in [3.8, 4) is 11.5 Å². The number of nitrogens with two attached hydrogens (primary N) is 1. The average molecular weight is 492 g/mol. The quantitative estimate of drug-likeness (QED) is 0.579. The van der Waals surface area contributed by atoms with Crippen molar-refractivity contribution in [3.63, 3.8) is 0 Å². The van der Waals surface area contributed by atoms with Gasteiger partial charge in [-0.3, -0.25) is 4.90 Å². The van der Waals surface area contributed by atoms with Gasteiger partial charge >= 0.3 is 0 Å². The van der Waals surface area contributed by atoms with Crippen LogP contribution in [0.2, 0.25) is 0 Å². The molecule has 3 aliphatic rings. The third-order valence-electron chi connectivity index (χ3n) is 7.13. The van der Waals surface area contributed by atoms with Gasteiger partial charge < -0.3 is 29.9 Å². The van der Waals surface area contributed by atoms with Gasteiger partial charge in [0.15, 0.2) is 23.1 Å². The van der Waals surface area contributed by atoms with Crippen LogP contribution in [0.5, 0.6) is 11.5 Å². The van der Waals surface area contributed by atoms with Crippen molar-refractivity contribution in [2.75, 3.05) is 79.6 Å². The Labute approximate surface area is 209 Å². The van der Waals surface area contributed by atoms with Crippen LogP contribution in [0.1, 0.15) is 5.56 Å². The molecule has 4 heterocycles. The molecule has 2 aromatic carbocycles. The summed E-state index contributed by atoms with van der Waals surface area (Å²) < 4.78 is 25.1. The zero-order valence-electron chi connectivity index (χ0n) is 20.1. The zero-order chi connectivity index (χ0) is 24.5. The molecule has 2 fully saturated rings. The molecular formula is C26H30FN7O2. The molecule has 9 nitrogen and oxygen atoms in total. The lowest BCUT2D eigenvalue weighted by Gasteiger charge is -2.38. The third kappa shape index (κ3) is 4.44. The summed E-state index contributed by atoms with van der Waals surface area (Å²) in [6.45, 7) is 7.51. The maximum atomic E-state index is 14.2. The summed E-state index contributed by atoms with van der Waals surface area (Å²) in [5.41, 5.74) is 9.08. The molecule has 1 aromatic heterocycles. The minimum Gasteiger partial charge on any atom is -0.454 e. The monoisotopic (exact) mass is 491 g/mol. The number of rotatable bonds is 5. The van der Waals surface area contributed by atoms with E-state index in [0.29, 0.717) is 31.3 Å². The highest BCUT2D eigenvalue weighted by atomic mass is 19.1. The first-order valence-electron chi connectivity index (χ1n) is 12.4. The lowest BCUT2D eigenvalue weighted by Crippen LogP contribution is -2.48. The van der Waals surface area contributed by atoms with E-state index in [4.69, 9.17) is 15.2 Å². The number of hydrogen-bond donors (Lipinski definition) is 1. The van der Waals surface area contributed by atoms with Gasteiger partial charge in [0, 0.05) is 58.9 Å². The number of ether oxygens (including phenoxy) is 2. The van der Waals surface area contributed by atoms with E-state index in [-0.39, 0.29) is 5.82 Å². The normalized spacial score (nSPS) is 18.1. The first-order chi connectivity index (χ1) is 17.7. The van der Waals surface area contributed by atoms with E-state index in [1.807, 2.05) is 18.2 Å². The van der Waals surface area contributed by atoms with Crippen LogP contribution in [0.25, 0.3) is 0 Å². The highest BCUT2D eigenvalue weighted by Crippen LogP contribution is 2.34. The molecule has 0 saturated carbocycles. The van der Waals surface area contributed by atoms with E-state index in [0.717, 1.165) is 68.9 Å². The third-order valence-corrected chi connectivity index (χ3v) is 7.13. The Kier molecular flexibility index (Phi) is 6.10. The summed E-state index contributed by atoms with van der Waals surface area (Å²) in [7, 11) is 0. The number of anilines is 4. The Balaban J connectivity index is 1.07. The second-order valence-corrected chi connectivity index (χ2v) is 9.31. The van der Waals surface area contributed by atoms with Crippen molar-refractivity contribution < 1.29 is 13.9 Å². The molecule has 10 heteroatoms. The fourth-order valence-corrected chi connectivity index (χ4v) is 5.16. The predicted octanol–water partition coefficient (Wildman–Crippen LogP) is 2.58. The summed E-state index contributed by atoms with van der Waals surface area (Å²) in [4.78, 5) is 18.0. The van der Waals surface area contributed by atoms with Crippen molar-refractivity contribution in [3.05, 3.63) is 60.2 Å². The molecule has 3 aromatic rings. The van der Waals surface area contributed by atoms with Crippen molar-refractivity contribution in [1.29, 1.82) is 0 Å². The standard InChI is InChI=1S/C26H30FN7O2/c27-20-3-1-2-4-21(20)32-11-13-34(14-12-32)26-24(28)25(29-17-30-26)33-9-7-31(8-10-33)16-19-5-6-22-23(15-19)36-18-35-22/h1-6,15,17H,7-14,16,18,28H2. The Morgan fingerprint density at radius 1 is 0.778 bits per heavy atom. The second-order valence-electron chi connectivity index (χ2n) is 9.31. The van der Waals surface area contributed by atoms with Crippen LogP contribution in [-0.4, -0.2) is 74.0 Å². The second kappa shape index (κ2) is 9.69. The van der Waals surface area contributed by atoms with Crippen LogP contribution < -0.4 is 29.9 Å². The van der Waals surface area contributed by atoms with E-state index in [9.17, 15) is 4.39 Å². The van der Waals surface area contributed by atoms with E-state index < -0.39 is 0 Å². The Morgan fingerprint density at radius 2 is 1.42 bits per heavy atom. The van der Waals surface area contributed by atoms with Crippen LogP contribution in [-0.2, 0) is 6.54 Å².